The second-order valence-corrected chi connectivity index (χ2v) is 4.45. The van der Waals surface area contributed by atoms with Gasteiger partial charge in [-0.2, -0.15) is 4.68 Å². The number of methoxy groups -OCH3 is 1. The van der Waals surface area contributed by atoms with E-state index in [4.69, 9.17) is 4.74 Å². The van der Waals surface area contributed by atoms with Gasteiger partial charge in [-0.05, 0) is 47.5 Å². The molecule has 0 atom stereocenters. The van der Waals surface area contributed by atoms with Crippen LogP contribution >= 0.6 is 0 Å². The van der Waals surface area contributed by atoms with E-state index in [1.54, 1.807) is 11.8 Å². The van der Waals surface area contributed by atoms with Gasteiger partial charge in [-0.1, -0.05) is 6.07 Å². The first-order valence-corrected chi connectivity index (χ1v) is 6.27. The first kappa shape index (κ1) is 13.6. The summed E-state index contributed by atoms with van der Waals surface area (Å²) in [5.41, 5.74) is 3.47. The highest BCUT2D eigenvalue weighted by Gasteiger charge is 2.08. The number of aryl methyl sites for hydroxylation is 2. The van der Waals surface area contributed by atoms with Crippen LogP contribution in [0.2, 0.25) is 0 Å². The SMILES string of the molecule is COCCNCc1nnnn1-c1ccc(C)c(C)c1. The minimum absolute atomic E-state index is 0.614. The molecule has 0 saturated carbocycles. The van der Waals surface area contributed by atoms with Crippen LogP contribution in [0.25, 0.3) is 5.69 Å². The lowest BCUT2D eigenvalue weighted by molar-refractivity contribution is 0.199. The molecule has 0 saturated heterocycles. The predicted octanol–water partition coefficient (Wildman–Crippen LogP) is 1.02. The van der Waals surface area contributed by atoms with Gasteiger partial charge in [0.05, 0.1) is 18.8 Å². The largest absolute Gasteiger partial charge is 0.383 e. The molecule has 102 valence electrons. The summed E-state index contributed by atoms with van der Waals surface area (Å²) in [5.74, 6) is 0.791. The standard InChI is InChI=1S/C13H19N5O/c1-10-4-5-12(8-11(10)2)18-13(15-16-17-18)9-14-6-7-19-3/h4-5,8,14H,6-7,9H2,1-3H3. The van der Waals surface area contributed by atoms with Crippen LogP contribution in [-0.2, 0) is 11.3 Å². The van der Waals surface area contributed by atoms with Gasteiger partial charge in [-0.3, -0.25) is 0 Å². The number of rotatable bonds is 6. The first-order valence-electron chi connectivity index (χ1n) is 6.27. The Labute approximate surface area is 112 Å². The number of aromatic nitrogens is 4. The second-order valence-electron chi connectivity index (χ2n) is 4.45. The maximum atomic E-state index is 4.98. The smallest absolute Gasteiger partial charge is 0.170 e. The molecule has 0 amide bonds. The molecule has 0 bridgehead atoms. The van der Waals surface area contributed by atoms with Crippen LogP contribution in [-0.4, -0.2) is 40.5 Å². The summed E-state index contributed by atoms with van der Waals surface area (Å²) in [6, 6.07) is 6.19. The Morgan fingerprint density at radius 2 is 2.11 bits per heavy atom. The number of benzene rings is 1. The van der Waals surface area contributed by atoms with Crippen molar-refractivity contribution >= 4 is 0 Å². The number of ether oxygens (including phenoxy) is 1. The first-order chi connectivity index (χ1) is 9.22. The molecule has 2 aromatic rings. The average molecular weight is 261 g/mol. The van der Waals surface area contributed by atoms with Crippen LogP contribution < -0.4 is 5.32 Å². The summed E-state index contributed by atoms with van der Waals surface area (Å²) in [5, 5.41) is 15.1. The maximum Gasteiger partial charge on any atom is 0.170 e. The van der Waals surface area contributed by atoms with E-state index in [1.807, 2.05) is 6.07 Å². The summed E-state index contributed by atoms with van der Waals surface area (Å²) >= 11 is 0. The molecule has 0 radical (unpaired) electrons. The Hall–Kier alpha value is -1.79. The molecule has 1 N–H and O–H groups in total. The van der Waals surface area contributed by atoms with E-state index in [0.29, 0.717) is 13.2 Å². The van der Waals surface area contributed by atoms with Gasteiger partial charge in [0.2, 0.25) is 0 Å². The molecule has 1 aromatic heterocycles. The third-order valence-electron chi connectivity index (χ3n) is 3.04. The Morgan fingerprint density at radius 3 is 2.84 bits per heavy atom. The van der Waals surface area contributed by atoms with Crippen LogP contribution in [0.5, 0.6) is 0 Å². The highest BCUT2D eigenvalue weighted by atomic mass is 16.5. The van der Waals surface area contributed by atoms with E-state index in [0.717, 1.165) is 18.1 Å². The minimum atomic E-state index is 0.614. The predicted molar refractivity (Wildman–Crippen MR) is 72.2 cm³/mol. The molecule has 0 fully saturated rings. The molecule has 6 nitrogen and oxygen atoms in total. The van der Waals surface area contributed by atoms with E-state index < -0.39 is 0 Å². The molecule has 6 heteroatoms. The molecule has 1 heterocycles. The third kappa shape index (κ3) is 3.36. The van der Waals surface area contributed by atoms with Gasteiger partial charge in [0.15, 0.2) is 5.82 Å². The van der Waals surface area contributed by atoms with Crippen molar-refractivity contribution in [2.24, 2.45) is 0 Å². The van der Waals surface area contributed by atoms with Crippen LogP contribution in [0, 0.1) is 13.8 Å². The Bertz CT molecular complexity index is 538. The zero-order chi connectivity index (χ0) is 13.7. The molecule has 19 heavy (non-hydrogen) atoms. The molecular weight excluding hydrogens is 242 g/mol. The molecule has 0 spiro atoms. The lowest BCUT2D eigenvalue weighted by atomic mass is 10.1. The Balaban J connectivity index is 2.12. The van der Waals surface area contributed by atoms with Crippen molar-refractivity contribution in [3.63, 3.8) is 0 Å². The number of hydrogen-bond donors (Lipinski definition) is 1. The molecule has 1 aromatic carbocycles. The van der Waals surface area contributed by atoms with E-state index >= 15 is 0 Å². The van der Waals surface area contributed by atoms with Gasteiger partial charge < -0.3 is 10.1 Å². The zero-order valence-corrected chi connectivity index (χ0v) is 11.6. The van der Waals surface area contributed by atoms with E-state index in [2.05, 4.69) is 46.8 Å². The van der Waals surface area contributed by atoms with Crippen molar-refractivity contribution in [2.45, 2.75) is 20.4 Å². The van der Waals surface area contributed by atoms with Crippen molar-refractivity contribution in [3.05, 3.63) is 35.2 Å². The summed E-state index contributed by atoms with van der Waals surface area (Å²) in [7, 11) is 1.68. The van der Waals surface area contributed by atoms with Crippen LogP contribution in [0.4, 0.5) is 0 Å². The molecule has 0 aliphatic rings. The number of hydrogen-bond acceptors (Lipinski definition) is 5. The summed E-state index contributed by atoms with van der Waals surface area (Å²) < 4.78 is 6.74. The zero-order valence-electron chi connectivity index (χ0n) is 11.6. The molecule has 0 aliphatic heterocycles. The van der Waals surface area contributed by atoms with Gasteiger partial charge in [-0.15, -0.1) is 5.10 Å². The van der Waals surface area contributed by atoms with Crippen molar-refractivity contribution in [1.82, 2.24) is 25.5 Å². The van der Waals surface area contributed by atoms with Crippen LogP contribution in [0.3, 0.4) is 0 Å². The monoisotopic (exact) mass is 261 g/mol. The second kappa shape index (κ2) is 6.40. The number of tetrazole rings is 1. The molecule has 0 unspecified atom stereocenters. The fraction of sp³-hybridized carbons (Fsp3) is 0.462. The Kier molecular flexibility index (Phi) is 4.59. The fourth-order valence-electron chi connectivity index (χ4n) is 1.75. The van der Waals surface area contributed by atoms with Gasteiger partial charge in [-0.25, -0.2) is 0 Å². The summed E-state index contributed by atoms with van der Waals surface area (Å²) in [6.45, 7) is 6.23. The van der Waals surface area contributed by atoms with Crippen molar-refractivity contribution in [1.29, 1.82) is 0 Å². The molecular formula is C13H19N5O. The highest BCUT2D eigenvalue weighted by Crippen LogP contribution is 2.13. The lowest BCUT2D eigenvalue weighted by Crippen LogP contribution is -2.21. The van der Waals surface area contributed by atoms with Gasteiger partial charge in [0.1, 0.15) is 0 Å². The van der Waals surface area contributed by atoms with Gasteiger partial charge in [0.25, 0.3) is 0 Å². The fourth-order valence-corrected chi connectivity index (χ4v) is 1.75. The summed E-state index contributed by atoms with van der Waals surface area (Å²) in [4.78, 5) is 0. The van der Waals surface area contributed by atoms with Crippen LogP contribution in [0.1, 0.15) is 17.0 Å². The van der Waals surface area contributed by atoms with Crippen LogP contribution in [0.15, 0.2) is 18.2 Å². The number of nitrogens with zero attached hydrogens (tertiary/aromatic N) is 4. The summed E-state index contributed by atoms with van der Waals surface area (Å²) in [6.07, 6.45) is 0. The highest BCUT2D eigenvalue weighted by molar-refractivity contribution is 5.39. The van der Waals surface area contributed by atoms with Crippen molar-refractivity contribution < 1.29 is 4.74 Å². The topological polar surface area (TPSA) is 64.9 Å². The minimum Gasteiger partial charge on any atom is -0.383 e. The van der Waals surface area contributed by atoms with Crippen molar-refractivity contribution in [2.75, 3.05) is 20.3 Å². The maximum absolute atomic E-state index is 4.98. The molecule has 0 aliphatic carbocycles. The Morgan fingerprint density at radius 1 is 1.26 bits per heavy atom. The number of nitrogens with one attached hydrogen (secondary N) is 1. The van der Waals surface area contributed by atoms with Crippen molar-refractivity contribution in [3.8, 4) is 5.69 Å². The average Bonchev–Trinajstić information content (AvgIpc) is 2.86. The lowest BCUT2D eigenvalue weighted by Gasteiger charge is -2.07. The van der Waals surface area contributed by atoms with E-state index in [-0.39, 0.29) is 0 Å². The third-order valence-corrected chi connectivity index (χ3v) is 3.04. The van der Waals surface area contributed by atoms with E-state index in [1.165, 1.54) is 11.1 Å². The molecule has 2 rings (SSSR count). The quantitative estimate of drug-likeness (QED) is 0.786. The normalized spacial score (nSPS) is 10.9. The van der Waals surface area contributed by atoms with Gasteiger partial charge in [0, 0.05) is 13.7 Å². The van der Waals surface area contributed by atoms with Gasteiger partial charge >= 0.3 is 0 Å². The van der Waals surface area contributed by atoms with E-state index in [9.17, 15) is 0 Å².